The molecule has 8 heteroatoms. The lowest BCUT2D eigenvalue weighted by Crippen LogP contribution is -2.35. The van der Waals surface area contributed by atoms with Gasteiger partial charge in [0.25, 0.3) is 0 Å². The molecule has 0 radical (unpaired) electrons. The molecule has 39 heavy (non-hydrogen) atoms. The Morgan fingerprint density at radius 3 is 2.54 bits per heavy atom. The van der Waals surface area contributed by atoms with E-state index >= 15 is 0 Å². The number of rotatable bonds is 10. The summed E-state index contributed by atoms with van der Waals surface area (Å²) in [5, 5.41) is 0. The molecular formula is C31H39NO5S2. The average Bonchev–Trinajstić information content (AvgIpc) is 3.11. The minimum Gasteiger partial charge on any atom is -0.483 e. The molecule has 1 unspecified atom stereocenters. The number of sulfonamides is 1. The zero-order valence-corrected chi connectivity index (χ0v) is 24.9. The summed E-state index contributed by atoms with van der Waals surface area (Å²) in [6, 6.07) is 14.9. The van der Waals surface area contributed by atoms with Crippen molar-refractivity contribution in [1.29, 1.82) is 0 Å². The number of allylic oxidation sites excluding steroid dienone is 3. The van der Waals surface area contributed by atoms with Gasteiger partial charge in [-0.25, -0.2) is 17.9 Å². The summed E-state index contributed by atoms with van der Waals surface area (Å²) < 4.78 is 40.1. The fourth-order valence-corrected chi connectivity index (χ4v) is 6.02. The number of carbonyl (C=O) groups excluding carboxylic acids is 1. The lowest BCUT2D eigenvalue weighted by Gasteiger charge is -2.20. The predicted octanol–water partition coefficient (Wildman–Crippen LogP) is 7.04. The van der Waals surface area contributed by atoms with E-state index in [9.17, 15) is 13.2 Å². The number of benzene rings is 2. The van der Waals surface area contributed by atoms with Gasteiger partial charge < -0.3 is 9.47 Å². The van der Waals surface area contributed by atoms with Crippen LogP contribution in [0.25, 0.3) is 11.1 Å². The standard InChI is InChI=1S/C31H39NO5S2/c1-23(36-22-30(33)37-31(2,3)4)11-9-13-25-12-7-6-8-16-29(25)32-39(34,35)28-19-17-24(18-20-28)26-14-10-15-27(21-26)38-5/h9-11,13-15,17-21,29,32H,1,6-8,12,16,22H2,2-5H3/b11-9-,25-13+. The highest BCUT2D eigenvalue weighted by molar-refractivity contribution is 7.98. The Balaban J connectivity index is 1.67. The highest BCUT2D eigenvalue weighted by Crippen LogP contribution is 2.27. The largest absolute Gasteiger partial charge is 0.483 e. The summed E-state index contributed by atoms with van der Waals surface area (Å²) in [4.78, 5) is 13.2. The van der Waals surface area contributed by atoms with Gasteiger partial charge in [-0.2, -0.15) is 0 Å². The average molecular weight is 570 g/mol. The molecule has 0 heterocycles. The maximum atomic E-state index is 13.3. The van der Waals surface area contributed by atoms with Crippen LogP contribution in [0.1, 0.15) is 52.9 Å². The lowest BCUT2D eigenvalue weighted by atomic mass is 10.0. The summed E-state index contributed by atoms with van der Waals surface area (Å²) in [6.07, 6.45) is 11.9. The van der Waals surface area contributed by atoms with Crippen molar-refractivity contribution in [2.24, 2.45) is 0 Å². The molecule has 0 bridgehead atoms. The number of ether oxygens (including phenoxy) is 2. The molecule has 1 N–H and O–H groups in total. The number of esters is 1. The van der Waals surface area contributed by atoms with Crippen molar-refractivity contribution in [2.75, 3.05) is 12.9 Å². The van der Waals surface area contributed by atoms with Crippen LogP contribution in [0.5, 0.6) is 0 Å². The van der Waals surface area contributed by atoms with Gasteiger partial charge in [-0.15, -0.1) is 11.8 Å². The van der Waals surface area contributed by atoms with Gasteiger partial charge in [0.2, 0.25) is 10.0 Å². The van der Waals surface area contributed by atoms with Gasteiger partial charge in [0.1, 0.15) is 11.4 Å². The first kappa shape index (κ1) is 30.7. The number of nitrogens with one attached hydrogen (secondary N) is 1. The molecule has 0 amide bonds. The summed E-state index contributed by atoms with van der Waals surface area (Å²) in [5.74, 6) is -0.137. The summed E-state index contributed by atoms with van der Waals surface area (Å²) in [6.45, 7) is 8.99. The fourth-order valence-electron chi connectivity index (χ4n) is 4.28. The van der Waals surface area contributed by atoms with Gasteiger partial charge in [0.15, 0.2) is 6.61 Å². The van der Waals surface area contributed by atoms with E-state index in [0.29, 0.717) is 5.76 Å². The number of hydrogen-bond acceptors (Lipinski definition) is 6. The van der Waals surface area contributed by atoms with Crippen LogP contribution >= 0.6 is 11.8 Å². The minimum absolute atomic E-state index is 0.221. The summed E-state index contributed by atoms with van der Waals surface area (Å²) in [5.41, 5.74) is 2.46. The lowest BCUT2D eigenvalue weighted by molar-refractivity contribution is -0.158. The van der Waals surface area contributed by atoms with Crippen molar-refractivity contribution in [1.82, 2.24) is 4.72 Å². The summed E-state index contributed by atoms with van der Waals surface area (Å²) >= 11 is 1.67. The minimum atomic E-state index is -3.71. The Morgan fingerprint density at radius 2 is 1.85 bits per heavy atom. The highest BCUT2D eigenvalue weighted by Gasteiger charge is 2.24. The van der Waals surface area contributed by atoms with E-state index in [0.717, 1.165) is 53.7 Å². The van der Waals surface area contributed by atoms with Gasteiger partial charge in [0, 0.05) is 10.9 Å². The predicted molar refractivity (Wildman–Crippen MR) is 159 cm³/mol. The normalized spacial score (nSPS) is 17.6. The monoisotopic (exact) mass is 569 g/mol. The van der Waals surface area contributed by atoms with Gasteiger partial charge >= 0.3 is 5.97 Å². The SMILES string of the molecule is C=C(/C=C\C=C1/CCCCCC1NS(=O)(=O)c1ccc(-c2cccc(SC)c2)cc1)OCC(=O)OC(C)(C)C. The third-order valence-corrected chi connectivity index (χ3v) is 8.37. The first-order valence-corrected chi connectivity index (χ1v) is 15.9. The van der Waals surface area contributed by atoms with E-state index in [-0.39, 0.29) is 17.5 Å². The molecule has 1 atom stereocenters. The van der Waals surface area contributed by atoms with E-state index in [4.69, 9.17) is 9.47 Å². The Morgan fingerprint density at radius 1 is 1.10 bits per heavy atom. The van der Waals surface area contributed by atoms with E-state index in [1.54, 1.807) is 56.8 Å². The Bertz CT molecular complexity index is 1310. The maximum absolute atomic E-state index is 13.3. The smallest absolute Gasteiger partial charge is 0.344 e. The van der Waals surface area contributed by atoms with Crippen LogP contribution in [0.4, 0.5) is 0 Å². The zero-order valence-electron chi connectivity index (χ0n) is 23.2. The van der Waals surface area contributed by atoms with Crippen LogP contribution in [0.3, 0.4) is 0 Å². The van der Waals surface area contributed by atoms with Crippen molar-refractivity contribution >= 4 is 27.8 Å². The molecule has 0 spiro atoms. The molecule has 2 aromatic carbocycles. The molecule has 1 saturated carbocycles. The third-order valence-electron chi connectivity index (χ3n) is 6.16. The Labute approximate surface area is 237 Å². The second-order valence-electron chi connectivity index (χ2n) is 10.5. The molecular weight excluding hydrogens is 530 g/mol. The van der Waals surface area contributed by atoms with Gasteiger partial charge in [-0.1, -0.05) is 61.4 Å². The Kier molecular flexibility index (Phi) is 11.0. The molecule has 1 aliphatic carbocycles. The van der Waals surface area contributed by atoms with Crippen LogP contribution < -0.4 is 4.72 Å². The number of hydrogen-bond donors (Lipinski definition) is 1. The number of carbonyl (C=O) groups is 1. The van der Waals surface area contributed by atoms with Crippen LogP contribution in [0.2, 0.25) is 0 Å². The highest BCUT2D eigenvalue weighted by atomic mass is 32.2. The van der Waals surface area contributed by atoms with Crippen molar-refractivity contribution < 1.29 is 22.7 Å². The van der Waals surface area contributed by atoms with Crippen molar-refractivity contribution in [3.8, 4) is 11.1 Å². The van der Waals surface area contributed by atoms with E-state index < -0.39 is 21.6 Å². The molecule has 210 valence electrons. The molecule has 0 saturated heterocycles. The first-order valence-electron chi connectivity index (χ1n) is 13.1. The van der Waals surface area contributed by atoms with Crippen molar-refractivity contribution in [2.45, 2.75) is 74.3 Å². The van der Waals surface area contributed by atoms with E-state index in [1.165, 1.54) is 0 Å². The van der Waals surface area contributed by atoms with Gasteiger partial charge in [0.05, 0.1) is 4.90 Å². The second kappa shape index (κ2) is 14.0. The molecule has 0 aromatic heterocycles. The zero-order chi connectivity index (χ0) is 28.5. The van der Waals surface area contributed by atoms with Crippen molar-refractivity contribution in [3.63, 3.8) is 0 Å². The second-order valence-corrected chi connectivity index (χ2v) is 13.1. The molecule has 1 fully saturated rings. The molecule has 3 rings (SSSR count). The first-order chi connectivity index (χ1) is 18.5. The van der Waals surface area contributed by atoms with Crippen molar-refractivity contribution in [3.05, 3.63) is 84.7 Å². The van der Waals surface area contributed by atoms with Crippen LogP contribution in [-0.2, 0) is 24.3 Å². The van der Waals surface area contributed by atoms with E-state index in [2.05, 4.69) is 23.4 Å². The molecule has 6 nitrogen and oxygen atoms in total. The van der Waals surface area contributed by atoms with Crippen LogP contribution in [0.15, 0.2) is 94.5 Å². The fraction of sp³-hybridized carbons (Fsp3) is 0.387. The van der Waals surface area contributed by atoms with Crippen LogP contribution in [0, 0.1) is 0 Å². The Hall–Kier alpha value is -2.81. The van der Waals surface area contributed by atoms with Gasteiger partial charge in [-0.05, 0) is 87.8 Å². The van der Waals surface area contributed by atoms with Crippen LogP contribution in [-0.4, -0.2) is 38.9 Å². The third kappa shape index (κ3) is 10.0. The van der Waals surface area contributed by atoms with Gasteiger partial charge in [-0.3, -0.25) is 0 Å². The quantitative estimate of drug-likeness (QED) is 0.109. The van der Waals surface area contributed by atoms with E-state index in [1.807, 2.05) is 36.6 Å². The molecule has 1 aliphatic rings. The molecule has 2 aromatic rings. The summed E-state index contributed by atoms with van der Waals surface area (Å²) in [7, 11) is -3.71. The topological polar surface area (TPSA) is 81.7 Å². The number of thioether (sulfide) groups is 1. The maximum Gasteiger partial charge on any atom is 0.344 e. The molecule has 0 aliphatic heterocycles.